The van der Waals surface area contributed by atoms with Crippen molar-refractivity contribution in [2.75, 3.05) is 30.1 Å². The number of anilines is 2. The molecule has 1 aliphatic carbocycles. The summed E-state index contributed by atoms with van der Waals surface area (Å²) in [5.74, 6) is 0.393. The van der Waals surface area contributed by atoms with Crippen LogP contribution in [0.25, 0.3) is 0 Å². The highest BCUT2D eigenvalue weighted by Gasteiger charge is 2.52. The van der Waals surface area contributed by atoms with E-state index in [4.69, 9.17) is 4.74 Å². The normalized spacial score (nSPS) is 23.5. The predicted molar refractivity (Wildman–Crippen MR) is 141 cm³/mol. The molecule has 3 aliphatic rings. The largest absolute Gasteiger partial charge is 0.495 e. The van der Waals surface area contributed by atoms with Crippen LogP contribution in [0.1, 0.15) is 39.5 Å². The van der Waals surface area contributed by atoms with E-state index in [2.05, 4.69) is 30.4 Å². The minimum atomic E-state index is -3.56. The van der Waals surface area contributed by atoms with Crippen molar-refractivity contribution in [3.63, 3.8) is 0 Å². The first kappa shape index (κ1) is 24.4. The molecular formula is C26H33N5O4P+. The number of fused-ring (bicyclic) bond motifs is 1. The van der Waals surface area contributed by atoms with E-state index < -0.39 is 12.4 Å². The maximum absolute atomic E-state index is 15.3. The molecule has 2 heterocycles. The molecule has 3 N–H and O–H groups in total. The number of non-ortho nitro benzene ring substituents is 1. The summed E-state index contributed by atoms with van der Waals surface area (Å²) in [5, 5.41) is 15.6. The van der Waals surface area contributed by atoms with Gasteiger partial charge in [-0.2, -0.15) is 0 Å². The van der Waals surface area contributed by atoms with Crippen LogP contribution < -0.4 is 24.9 Å². The monoisotopic (exact) mass is 510 g/mol. The van der Waals surface area contributed by atoms with E-state index in [1.807, 2.05) is 30.3 Å². The molecule has 2 aliphatic heterocycles. The second-order valence-electron chi connectivity index (χ2n) is 10.3. The Bertz CT molecular complexity index is 1280. The summed E-state index contributed by atoms with van der Waals surface area (Å²) in [6, 6.07) is 13.9. The Morgan fingerprint density at radius 2 is 1.86 bits per heavy atom. The summed E-state index contributed by atoms with van der Waals surface area (Å²) in [6.45, 7) is 6.42. The zero-order valence-electron chi connectivity index (χ0n) is 20.9. The molecule has 2 saturated heterocycles. The maximum atomic E-state index is 15.3. The number of allylic oxidation sites excluding steroid dienone is 3. The molecule has 2 aromatic carbocycles. The first-order valence-electron chi connectivity index (χ1n) is 12.4. The van der Waals surface area contributed by atoms with Crippen molar-refractivity contribution >= 4 is 24.5 Å². The molecule has 0 bridgehead atoms. The van der Waals surface area contributed by atoms with E-state index in [9.17, 15) is 10.1 Å². The molecule has 0 saturated carbocycles. The third-order valence-electron chi connectivity index (χ3n) is 7.07. The van der Waals surface area contributed by atoms with E-state index in [-0.39, 0.29) is 11.1 Å². The van der Waals surface area contributed by atoms with Gasteiger partial charge in [-0.1, -0.05) is 38.1 Å². The molecule has 0 amide bonds. The van der Waals surface area contributed by atoms with Gasteiger partial charge in [0.2, 0.25) is 0 Å². The highest BCUT2D eigenvalue weighted by atomic mass is 31.2. The number of methoxy groups -OCH3 is 1. The molecule has 1 atom stereocenters. The molecule has 10 heteroatoms. The number of nitrogens with one attached hydrogen (secondary N) is 3. The van der Waals surface area contributed by atoms with Crippen LogP contribution in [0.4, 0.5) is 17.1 Å². The molecule has 0 radical (unpaired) electrons. The van der Waals surface area contributed by atoms with Crippen molar-refractivity contribution in [2.45, 2.75) is 39.5 Å². The number of nitro benzene ring substituents is 1. The van der Waals surface area contributed by atoms with E-state index in [1.165, 1.54) is 36.6 Å². The number of quaternary nitrogens is 1. The molecule has 5 rings (SSSR count). The van der Waals surface area contributed by atoms with E-state index in [0.717, 1.165) is 54.7 Å². The van der Waals surface area contributed by atoms with Crippen LogP contribution >= 0.6 is 7.44 Å². The van der Waals surface area contributed by atoms with Crippen LogP contribution in [0.5, 0.6) is 5.75 Å². The van der Waals surface area contributed by atoms with Gasteiger partial charge < -0.3 is 14.7 Å². The second-order valence-corrected chi connectivity index (χ2v) is 12.5. The van der Waals surface area contributed by atoms with Gasteiger partial charge in [-0.25, -0.2) is 4.78 Å². The number of piperidine rings is 1. The van der Waals surface area contributed by atoms with Crippen molar-refractivity contribution in [3.05, 3.63) is 81.4 Å². The van der Waals surface area contributed by atoms with Crippen molar-refractivity contribution < 1.29 is 19.1 Å². The van der Waals surface area contributed by atoms with Crippen molar-refractivity contribution in [1.29, 1.82) is 0 Å². The van der Waals surface area contributed by atoms with Crippen LogP contribution in [-0.4, -0.2) is 25.1 Å². The van der Waals surface area contributed by atoms with Crippen LogP contribution in [0.15, 0.2) is 71.3 Å². The molecule has 9 nitrogen and oxygen atoms in total. The fourth-order valence-electron chi connectivity index (χ4n) is 5.46. The van der Waals surface area contributed by atoms with Crippen molar-refractivity contribution in [3.8, 4) is 5.75 Å². The van der Waals surface area contributed by atoms with Gasteiger partial charge in [0.25, 0.3) is 5.69 Å². The lowest BCUT2D eigenvalue weighted by Crippen LogP contribution is -3.11. The lowest BCUT2D eigenvalue weighted by atomic mass is 9.82. The first-order valence-corrected chi connectivity index (χ1v) is 14.0. The summed E-state index contributed by atoms with van der Waals surface area (Å²) in [6.07, 6.45) is 6.45. The number of likely N-dealkylation sites (tertiary alicyclic amines) is 1. The zero-order chi connectivity index (χ0) is 25.5. The van der Waals surface area contributed by atoms with Gasteiger partial charge >= 0.3 is 7.44 Å². The minimum absolute atomic E-state index is 0.0975. The van der Waals surface area contributed by atoms with E-state index in [1.54, 1.807) is 4.78 Å². The third kappa shape index (κ3) is 4.38. The number of nitrogens with zero attached hydrogens (tertiary/aromatic N) is 2. The topological polar surface area (TPSA) is 101 Å². The average Bonchev–Trinajstić information content (AvgIpc) is 3.15. The van der Waals surface area contributed by atoms with Gasteiger partial charge in [0, 0.05) is 18.6 Å². The number of hydrazine groups is 1. The molecule has 2 fully saturated rings. The molecule has 36 heavy (non-hydrogen) atoms. The Balaban J connectivity index is 1.71. The molecular weight excluding hydrogens is 477 g/mol. The summed E-state index contributed by atoms with van der Waals surface area (Å²) in [5.41, 5.74) is 6.30. The molecule has 2 aromatic rings. The Kier molecular flexibility index (Phi) is 6.30. The summed E-state index contributed by atoms with van der Waals surface area (Å²) < 4.78 is 22.5. The number of hydrogen-bond acceptors (Lipinski definition) is 5. The Labute approximate surface area is 211 Å². The fourth-order valence-corrected chi connectivity index (χ4v) is 8.13. The highest BCUT2D eigenvalue weighted by molar-refractivity contribution is 7.71. The van der Waals surface area contributed by atoms with Gasteiger partial charge in [-0.05, 0) is 42.9 Å². The number of rotatable bonds is 6. The van der Waals surface area contributed by atoms with Crippen LogP contribution in [-0.2, 0) is 4.57 Å². The summed E-state index contributed by atoms with van der Waals surface area (Å²) in [4.78, 5) is 12.5. The van der Waals surface area contributed by atoms with Crippen LogP contribution in [0.3, 0.4) is 0 Å². The minimum Gasteiger partial charge on any atom is -0.495 e. The third-order valence-corrected chi connectivity index (χ3v) is 9.63. The SMILES string of the molecule is COc1ccc([N+](=O)[O-])cc1N[P@@]1(=O)C2=C([NH+]3CCCCC3)CC(C)(C)C=C2NN1c1ccccc1. The number of nitro groups is 1. The van der Waals surface area contributed by atoms with Crippen LogP contribution in [0, 0.1) is 15.5 Å². The molecule has 0 spiro atoms. The Hall–Kier alpha value is -3.29. The number of hydrogen-bond donors (Lipinski definition) is 3. The number of ether oxygens (including phenoxy) is 1. The van der Waals surface area contributed by atoms with Gasteiger partial charge in [0.15, 0.2) is 0 Å². The molecule has 190 valence electrons. The smallest absolute Gasteiger partial charge is 0.316 e. The van der Waals surface area contributed by atoms with Gasteiger partial charge in [-0.15, -0.1) is 0 Å². The lowest BCUT2D eigenvalue weighted by Gasteiger charge is -2.34. The van der Waals surface area contributed by atoms with Gasteiger partial charge in [0.1, 0.15) is 16.8 Å². The quantitative estimate of drug-likeness (QED) is 0.291. The Morgan fingerprint density at radius 3 is 2.53 bits per heavy atom. The summed E-state index contributed by atoms with van der Waals surface area (Å²) in [7, 11) is -2.06. The van der Waals surface area contributed by atoms with Crippen LogP contribution in [0.2, 0.25) is 0 Å². The molecule has 0 aromatic heterocycles. The molecule has 0 unspecified atom stereocenters. The maximum Gasteiger partial charge on any atom is 0.316 e. The number of benzene rings is 2. The standard InChI is InChI=1S/C26H32N5O4P/c1-26(2)17-22-25(23(18-26)29-14-8-5-9-15-29)36(34,30(27-22)19-10-6-4-7-11-19)28-21-16-20(31(32)33)12-13-24(21)35-3/h4,6-7,10-13,16-17,27H,5,8-9,14-15,18H2,1-3H3,(H,28,34)/p+1/t36-/m0/s1. The highest BCUT2D eigenvalue weighted by Crippen LogP contribution is 2.66. The summed E-state index contributed by atoms with van der Waals surface area (Å²) >= 11 is 0. The lowest BCUT2D eigenvalue weighted by molar-refractivity contribution is -0.868. The first-order chi connectivity index (χ1) is 17.2. The second kappa shape index (κ2) is 9.30. The zero-order valence-corrected chi connectivity index (χ0v) is 21.8. The van der Waals surface area contributed by atoms with E-state index >= 15 is 4.57 Å². The Morgan fingerprint density at radius 1 is 1.14 bits per heavy atom. The van der Waals surface area contributed by atoms with Gasteiger partial charge in [-0.3, -0.25) is 20.1 Å². The number of para-hydroxylation sites is 1. The van der Waals surface area contributed by atoms with Gasteiger partial charge in [0.05, 0.1) is 42.2 Å². The van der Waals surface area contributed by atoms with E-state index in [0.29, 0.717) is 11.4 Å². The van der Waals surface area contributed by atoms with Crippen molar-refractivity contribution in [1.82, 2.24) is 5.43 Å². The fraction of sp³-hybridized carbons (Fsp3) is 0.385. The average molecular weight is 511 g/mol. The van der Waals surface area contributed by atoms with Crippen molar-refractivity contribution in [2.24, 2.45) is 5.41 Å². The predicted octanol–water partition coefficient (Wildman–Crippen LogP) is 4.83.